The van der Waals surface area contributed by atoms with E-state index in [0.717, 1.165) is 24.2 Å². The smallest absolute Gasteiger partial charge is 0.307 e. The summed E-state index contributed by atoms with van der Waals surface area (Å²) < 4.78 is 5.89. The van der Waals surface area contributed by atoms with Gasteiger partial charge in [0.05, 0.1) is 18.4 Å². The molecule has 7 nitrogen and oxygen atoms in total. The van der Waals surface area contributed by atoms with Gasteiger partial charge < -0.3 is 25.0 Å². The predicted molar refractivity (Wildman–Crippen MR) is 119 cm³/mol. The van der Waals surface area contributed by atoms with Crippen LogP contribution in [-0.4, -0.2) is 46.5 Å². The minimum Gasteiger partial charge on any atom is -0.489 e. The van der Waals surface area contributed by atoms with Crippen molar-refractivity contribution >= 4 is 17.6 Å². The van der Waals surface area contributed by atoms with E-state index in [1.54, 1.807) is 32.0 Å². The molecule has 2 aromatic rings. The van der Waals surface area contributed by atoms with Gasteiger partial charge in [-0.05, 0) is 55.5 Å². The standard InChI is InChI=1S/C24H31NO6/c1-24(2,30)10-5-11-25(3)20-6-4-7-21(15-20)31-16-17-8-9-18(13-22(26)27)19(12-17)14-23(28)29/h4,6-9,12,15,30H,5,10-11,13-14,16H2,1-3H3,(H,26,27)(H,28,29). The Balaban J connectivity index is 2.03. The Kier molecular flexibility index (Phi) is 8.45. The fourth-order valence-corrected chi connectivity index (χ4v) is 3.29. The molecule has 0 saturated heterocycles. The third kappa shape index (κ3) is 8.68. The van der Waals surface area contributed by atoms with Gasteiger partial charge in [0.25, 0.3) is 0 Å². The number of hydrogen-bond donors (Lipinski definition) is 3. The van der Waals surface area contributed by atoms with Crippen LogP contribution in [0.25, 0.3) is 0 Å². The second-order valence-corrected chi connectivity index (χ2v) is 8.37. The summed E-state index contributed by atoms with van der Waals surface area (Å²) in [4.78, 5) is 24.2. The van der Waals surface area contributed by atoms with E-state index in [-0.39, 0.29) is 19.4 Å². The first-order valence-electron chi connectivity index (χ1n) is 10.2. The second kappa shape index (κ2) is 10.8. The number of aliphatic hydroxyl groups is 1. The molecule has 0 spiro atoms. The molecule has 0 bridgehead atoms. The van der Waals surface area contributed by atoms with Crippen molar-refractivity contribution in [2.75, 3.05) is 18.5 Å². The molecule has 0 aliphatic carbocycles. The lowest BCUT2D eigenvalue weighted by Crippen LogP contribution is -2.23. The summed E-state index contributed by atoms with van der Waals surface area (Å²) in [6.07, 6.45) is 1.12. The molecule has 7 heteroatoms. The molecule has 2 rings (SSSR count). The van der Waals surface area contributed by atoms with Gasteiger partial charge >= 0.3 is 11.9 Å². The summed E-state index contributed by atoms with van der Waals surface area (Å²) in [5.41, 5.74) is 2.07. The highest BCUT2D eigenvalue weighted by Gasteiger charge is 2.13. The van der Waals surface area contributed by atoms with Crippen LogP contribution in [0.2, 0.25) is 0 Å². The quantitative estimate of drug-likeness (QED) is 0.474. The van der Waals surface area contributed by atoms with Crippen molar-refractivity contribution in [2.45, 2.75) is 51.7 Å². The number of carbonyl (C=O) groups is 2. The van der Waals surface area contributed by atoms with Crippen molar-refractivity contribution in [2.24, 2.45) is 0 Å². The summed E-state index contributed by atoms with van der Waals surface area (Å²) in [5.74, 6) is -1.33. The highest BCUT2D eigenvalue weighted by molar-refractivity contribution is 5.74. The van der Waals surface area contributed by atoms with Gasteiger partial charge in [-0.15, -0.1) is 0 Å². The number of hydrogen-bond acceptors (Lipinski definition) is 5. The number of benzene rings is 2. The van der Waals surface area contributed by atoms with Gasteiger partial charge in [0.15, 0.2) is 0 Å². The van der Waals surface area contributed by atoms with Crippen molar-refractivity contribution in [3.8, 4) is 5.75 Å². The van der Waals surface area contributed by atoms with E-state index in [4.69, 9.17) is 14.9 Å². The van der Waals surface area contributed by atoms with Crippen molar-refractivity contribution in [1.29, 1.82) is 0 Å². The Hall–Kier alpha value is -3.06. The fraction of sp³-hybridized carbons (Fsp3) is 0.417. The first-order chi connectivity index (χ1) is 14.5. The second-order valence-electron chi connectivity index (χ2n) is 8.37. The number of rotatable bonds is 12. The topological polar surface area (TPSA) is 107 Å². The zero-order valence-corrected chi connectivity index (χ0v) is 18.3. The lowest BCUT2D eigenvalue weighted by atomic mass is 9.99. The van der Waals surface area contributed by atoms with Crippen LogP contribution >= 0.6 is 0 Å². The molecule has 0 atom stereocenters. The molecule has 0 fully saturated rings. The zero-order chi connectivity index (χ0) is 23.0. The molecule has 0 heterocycles. The van der Waals surface area contributed by atoms with Crippen LogP contribution in [-0.2, 0) is 29.0 Å². The van der Waals surface area contributed by atoms with Crippen molar-refractivity contribution in [3.05, 3.63) is 59.2 Å². The molecule has 0 unspecified atom stereocenters. The van der Waals surface area contributed by atoms with E-state index in [1.807, 2.05) is 31.3 Å². The van der Waals surface area contributed by atoms with Gasteiger partial charge in [-0.2, -0.15) is 0 Å². The summed E-state index contributed by atoms with van der Waals surface area (Å²) in [7, 11) is 1.99. The summed E-state index contributed by atoms with van der Waals surface area (Å²) in [6, 6.07) is 12.8. The first-order valence-corrected chi connectivity index (χ1v) is 10.2. The molecular formula is C24H31NO6. The Morgan fingerprint density at radius 3 is 2.32 bits per heavy atom. The van der Waals surface area contributed by atoms with Gasteiger partial charge in [0.1, 0.15) is 12.4 Å². The van der Waals surface area contributed by atoms with Crippen LogP contribution in [0.15, 0.2) is 42.5 Å². The van der Waals surface area contributed by atoms with Crippen molar-refractivity contribution in [1.82, 2.24) is 0 Å². The molecule has 168 valence electrons. The predicted octanol–water partition coefficient (Wildman–Crippen LogP) is 3.51. The highest BCUT2D eigenvalue weighted by Crippen LogP contribution is 2.23. The lowest BCUT2D eigenvalue weighted by Gasteiger charge is -2.23. The average Bonchev–Trinajstić information content (AvgIpc) is 2.66. The molecule has 31 heavy (non-hydrogen) atoms. The Bertz CT molecular complexity index is 903. The van der Waals surface area contributed by atoms with E-state index >= 15 is 0 Å². The van der Waals surface area contributed by atoms with Gasteiger partial charge in [0.2, 0.25) is 0 Å². The number of carboxylic acid groups (broad SMARTS) is 2. The fourth-order valence-electron chi connectivity index (χ4n) is 3.29. The van der Waals surface area contributed by atoms with Gasteiger partial charge in [-0.3, -0.25) is 9.59 Å². The van der Waals surface area contributed by atoms with Crippen LogP contribution in [0.4, 0.5) is 5.69 Å². The van der Waals surface area contributed by atoms with Gasteiger partial charge in [0, 0.05) is 25.3 Å². The minimum absolute atomic E-state index is 0.217. The Morgan fingerprint density at radius 2 is 1.68 bits per heavy atom. The van der Waals surface area contributed by atoms with Crippen molar-refractivity contribution in [3.63, 3.8) is 0 Å². The minimum atomic E-state index is -1.01. The third-order valence-corrected chi connectivity index (χ3v) is 4.90. The molecule has 0 aromatic heterocycles. The maximum absolute atomic E-state index is 11.1. The van der Waals surface area contributed by atoms with Gasteiger partial charge in [-0.1, -0.05) is 24.3 Å². The molecule has 0 radical (unpaired) electrons. The molecule has 0 aliphatic heterocycles. The number of anilines is 1. The lowest BCUT2D eigenvalue weighted by molar-refractivity contribution is -0.137. The first kappa shape index (κ1) is 24.2. The molecule has 0 saturated carbocycles. The molecule has 0 amide bonds. The highest BCUT2D eigenvalue weighted by atomic mass is 16.5. The Labute approximate surface area is 182 Å². The number of aliphatic carboxylic acids is 2. The van der Waals surface area contributed by atoms with E-state index in [9.17, 15) is 14.7 Å². The molecule has 2 aromatic carbocycles. The largest absolute Gasteiger partial charge is 0.489 e. The number of carboxylic acids is 2. The van der Waals surface area contributed by atoms with Gasteiger partial charge in [-0.25, -0.2) is 0 Å². The van der Waals surface area contributed by atoms with Crippen molar-refractivity contribution < 1.29 is 29.6 Å². The summed E-state index contributed by atoms with van der Waals surface area (Å²) in [5, 5.41) is 28.0. The third-order valence-electron chi connectivity index (χ3n) is 4.90. The van der Waals surface area contributed by atoms with Crippen LogP contribution in [0.5, 0.6) is 5.75 Å². The summed E-state index contributed by atoms with van der Waals surface area (Å²) >= 11 is 0. The maximum atomic E-state index is 11.1. The van der Waals surface area contributed by atoms with Crippen LogP contribution in [0.3, 0.4) is 0 Å². The average molecular weight is 430 g/mol. The normalized spacial score (nSPS) is 11.2. The van der Waals surface area contributed by atoms with Crippen LogP contribution < -0.4 is 9.64 Å². The van der Waals surface area contributed by atoms with Crippen LogP contribution in [0, 0.1) is 0 Å². The summed E-state index contributed by atoms with van der Waals surface area (Å²) in [6.45, 7) is 4.65. The maximum Gasteiger partial charge on any atom is 0.307 e. The zero-order valence-electron chi connectivity index (χ0n) is 18.3. The number of nitrogens with zero attached hydrogens (tertiary/aromatic N) is 1. The molecule has 0 aliphatic rings. The Morgan fingerprint density at radius 1 is 1.00 bits per heavy atom. The molecular weight excluding hydrogens is 398 g/mol. The van der Waals surface area contributed by atoms with E-state index < -0.39 is 17.5 Å². The van der Waals surface area contributed by atoms with E-state index in [2.05, 4.69) is 4.90 Å². The van der Waals surface area contributed by atoms with Crippen LogP contribution in [0.1, 0.15) is 43.4 Å². The van der Waals surface area contributed by atoms with E-state index in [0.29, 0.717) is 23.3 Å². The SMILES string of the molecule is CN(CCCC(C)(C)O)c1cccc(OCc2ccc(CC(=O)O)c(CC(=O)O)c2)c1. The monoisotopic (exact) mass is 429 g/mol. The molecule has 3 N–H and O–H groups in total. The number of ether oxygens (including phenoxy) is 1. The van der Waals surface area contributed by atoms with E-state index in [1.165, 1.54) is 0 Å².